The SMILES string of the molecule is COc1cc([C@@H](C(=O)NC(C)(C)C)N(C(=O)CNC(=O)c2cccs2)c2cccc(C(F)(F)F)c2)cc(OC)c1OC. The predicted octanol–water partition coefficient (Wildman–Crippen LogP) is 5.21. The third-order valence-corrected chi connectivity index (χ3v) is 6.74. The van der Waals surface area contributed by atoms with Gasteiger partial charge < -0.3 is 24.8 Å². The molecule has 0 fully saturated rings. The Bertz CT molecular complexity index is 1400. The Morgan fingerprint density at radius 3 is 2.07 bits per heavy atom. The third-order valence-electron chi connectivity index (χ3n) is 5.87. The summed E-state index contributed by atoms with van der Waals surface area (Å²) < 4.78 is 57.5. The molecule has 226 valence electrons. The van der Waals surface area contributed by atoms with Crippen molar-refractivity contribution in [3.05, 3.63) is 69.9 Å². The minimum Gasteiger partial charge on any atom is -0.493 e. The van der Waals surface area contributed by atoms with Gasteiger partial charge in [-0.3, -0.25) is 19.3 Å². The molecule has 0 radical (unpaired) electrons. The molecule has 2 aromatic carbocycles. The molecule has 0 bridgehead atoms. The second-order valence-electron chi connectivity index (χ2n) is 10.1. The molecular weight excluding hydrogens is 575 g/mol. The van der Waals surface area contributed by atoms with Crippen molar-refractivity contribution in [2.45, 2.75) is 38.5 Å². The van der Waals surface area contributed by atoms with Gasteiger partial charge in [0.1, 0.15) is 6.04 Å². The van der Waals surface area contributed by atoms with Crippen LogP contribution in [-0.2, 0) is 15.8 Å². The number of carbonyl (C=O) groups is 3. The second-order valence-corrected chi connectivity index (χ2v) is 11.0. The number of anilines is 1. The molecule has 1 aromatic heterocycles. The molecule has 3 aromatic rings. The number of benzene rings is 2. The van der Waals surface area contributed by atoms with Gasteiger partial charge in [0.15, 0.2) is 11.5 Å². The van der Waals surface area contributed by atoms with E-state index in [1.807, 2.05) is 0 Å². The summed E-state index contributed by atoms with van der Waals surface area (Å²) in [5.41, 5.74) is -1.88. The minimum absolute atomic E-state index is 0.154. The predicted molar refractivity (Wildman–Crippen MR) is 152 cm³/mol. The molecule has 1 heterocycles. The molecule has 2 N–H and O–H groups in total. The summed E-state index contributed by atoms with van der Waals surface area (Å²) >= 11 is 1.15. The van der Waals surface area contributed by atoms with Gasteiger partial charge in [0.2, 0.25) is 17.6 Å². The molecule has 1 atom stereocenters. The number of thiophene rings is 1. The van der Waals surface area contributed by atoms with Crippen molar-refractivity contribution >= 4 is 34.7 Å². The van der Waals surface area contributed by atoms with Crippen LogP contribution in [0.1, 0.15) is 47.6 Å². The fraction of sp³-hybridized carbons (Fsp3) is 0.345. The number of alkyl halides is 3. The lowest BCUT2D eigenvalue weighted by Crippen LogP contribution is -2.51. The van der Waals surface area contributed by atoms with Gasteiger partial charge in [-0.25, -0.2) is 0 Å². The van der Waals surface area contributed by atoms with Gasteiger partial charge in [-0.1, -0.05) is 12.1 Å². The molecule has 13 heteroatoms. The number of ether oxygens (including phenoxy) is 3. The van der Waals surface area contributed by atoms with Crippen LogP contribution in [0.15, 0.2) is 53.9 Å². The fourth-order valence-electron chi connectivity index (χ4n) is 4.12. The molecule has 3 rings (SSSR count). The van der Waals surface area contributed by atoms with E-state index in [-0.39, 0.29) is 28.5 Å². The summed E-state index contributed by atoms with van der Waals surface area (Å²) in [4.78, 5) is 41.6. The first-order valence-electron chi connectivity index (χ1n) is 12.6. The Kier molecular flexibility index (Phi) is 10.1. The standard InChI is InChI=1S/C29H32F3N3O6S/c1-28(2,3)34-27(38)24(17-13-20(39-4)25(41-6)21(14-17)40-5)35(19-10-7-9-18(15-19)29(30,31)32)23(36)16-33-26(37)22-11-8-12-42-22/h7-15,24H,16H2,1-6H3,(H,33,37)(H,34,38)/t24-/m0/s1. The summed E-state index contributed by atoms with van der Waals surface area (Å²) in [6, 6.07) is 8.62. The lowest BCUT2D eigenvalue weighted by molar-refractivity contribution is -0.137. The Balaban J connectivity index is 2.23. The Morgan fingerprint density at radius 2 is 1.57 bits per heavy atom. The van der Waals surface area contributed by atoms with Gasteiger partial charge in [-0.2, -0.15) is 13.2 Å². The first kappa shape index (κ1) is 32.3. The average Bonchev–Trinajstić information content (AvgIpc) is 3.47. The number of hydrogen-bond donors (Lipinski definition) is 2. The summed E-state index contributed by atoms with van der Waals surface area (Å²) in [5, 5.41) is 6.98. The zero-order valence-electron chi connectivity index (χ0n) is 23.9. The fourth-order valence-corrected chi connectivity index (χ4v) is 4.76. The third kappa shape index (κ3) is 7.72. The van der Waals surface area contributed by atoms with Crippen molar-refractivity contribution in [2.75, 3.05) is 32.8 Å². The number of carbonyl (C=O) groups excluding carboxylic acids is 3. The lowest BCUT2D eigenvalue weighted by Gasteiger charge is -2.34. The topological polar surface area (TPSA) is 106 Å². The average molecular weight is 608 g/mol. The normalized spacial score (nSPS) is 12.2. The van der Waals surface area contributed by atoms with Crippen molar-refractivity contribution in [1.82, 2.24) is 10.6 Å². The van der Waals surface area contributed by atoms with Gasteiger partial charge in [0, 0.05) is 11.2 Å². The first-order chi connectivity index (χ1) is 19.7. The van der Waals surface area contributed by atoms with Crippen molar-refractivity contribution in [1.29, 1.82) is 0 Å². The van der Waals surface area contributed by atoms with Crippen LogP contribution in [0.5, 0.6) is 17.2 Å². The highest BCUT2D eigenvalue weighted by molar-refractivity contribution is 7.12. The number of amides is 3. The molecule has 0 saturated heterocycles. The van der Waals surface area contributed by atoms with Crippen LogP contribution < -0.4 is 29.7 Å². The lowest BCUT2D eigenvalue weighted by atomic mass is 9.99. The highest BCUT2D eigenvalue weighted by Gasteiger charge is 2.38. The van der Waals surface area contributed by atoms with Crippen molar-refractivity contribution < 1.29 is 41.8 Å². The Morgan fingerprint density at radius 1 is 0.929 bits per heavy atom. The number of methoxy groups -OCH3 is 3. The maximum Gasteiger partial charge on any atom is 0.416 e. The van der Waals surface area contributed by atoms with E-state index in [1.165, 1.54) is 39.5 Å². The number of hydrogen-bond acceptors (Lipinski definition) is 7. The highest BCUT2D eigenvalue weighted by atomic mass is 32.1. The maximum atomic E-state index is 13.9. The first-order valence-corrected chi connectivity index (χ1v) is 13.5. The van der Waals surface area contributed by atoms with E-state index in [1.54, 1.807) is 38.3 Å². The van der Waals surface area contributed by atoms with Gasteiger partial charge in [0.25, 0.3) is 5.91 Å². The molecule has 3 amide bonds. The van der Waals surface area contributed by atoms with Crippen LogP contribution in [-0.4, -0.2) is 51.1 Å². The van der Waals surface area contributed by atoms with Crippen molar-refractivity contribution in [2.24, 2.45) is 0 Å². The summed E-state index contributed by atoms with van der Waals surface area (Å²) in [6.45, 7) is 4.54. The molecule has 0 saturated carbocycles. The zero-order valence-corrected chi connectivity index (χ0v) is 24.7. The molecule has 42 heavy (non-hydrogen) atoms. The Hall–Kier alpha value is -4.26. The second kappa shape index (κ2) is 13.1. The van der Waals surface area contributed by atoms with Crippen LogP contribution >= 0.6 is 11.3 Å². The van der Waals surface area contributed by atoms with Crippen LogP contribution in [0.25, 0.3) is 0 Å². The van der Waals surface area contributed by atoms with E-state index in [0.29, 0.717) is 4.88 Å². The molecule has 0 spiro atoms. The van der Waals surface area contributed by atoms with Gasteiger partial charge in [-0.15, -0.1) is 11.3 Å². The van der Waals surface area contributed by atoms with Crippen LogP contribution in [0.2, 0.25) is 0 Å². The number of nitrogens with zero attached hydrogens (tertiary/aromatic N) is 1. The van der Waals surface area contributed by atoms with E-state index in [0.717, 1.165) is 34.4 Å². The zero-order chi connectivity index (χ0) is 31.2. The number of halogens is 3. The van der Waals surface area contributed by atoms with E-state index in [4.69, 9.17) is 14.2 Å². The molecule has 9 nitrogen and oxygen atoms in total. The molecular formula is C29H32F3N3O6S. The summed E-state index contributed by atoms with van der Waals surface area (Å²) in [7, 11) is 4.11. The van der Waals surface area contributed by atoms with Crippen molar-refractivity contribution in [3.63, 3.8) is 0 Å². The smallest absolute Gasteiger partial charge is 0.416 e. The van der Waals surface area contributed by atoms with Crippen LogP contribution in [0, 0.1) is 0 Å². The van der Waals surface area contributed by atoms with Gasteiger partial charge in [-0.05, 0) is 68.1 Å². The molecule has 0 unspecified atom stereocenters. The van der Waals surface area contributed by atoms with Gasteiger partial charge >= 0.3 is 6.18 Å². The number of rotatable bonds is 10. The van der Waals surface area contributed by atoms with E-state index < -0.39 is 47.6 Å². The Labute approximate surface area is 245 Å². The van der Waals surface area contributed by atoms with Crippen molar-refractivity contribution in [3.8, 4) is 17.2 Å². The van der Waals surface area contributed by atoms with E-state index >= 15 is 0 Å². The number of nitrogens with one attached hydrogen (secondary N) is 2. The summed E-state index contributed by atoms with van der Waals surface area (Å²) in [6.07, 6.45) is -4.73. The minimum atomic E-state index is -4.73. The van der Waals surface area contributed by atoms with Crippen LogP contribution in [0.4, 0.5) is 18.9 Å². The molecule has 0 aliphatic rings. The quantitative estimate of drug-likeness (QED) is 0.328. The summed E-state index contributed by atoms with van der Waals surface area (Å²) in [5.74, 6) is -1.58. The van der Waals surface area contributed by atoms with E-state index in [9.17, 15) is 27.6 Å². The largest absolute Gasteiger partial charge is 0.493 e. The molecule has 0 aliphatic carbocycles. The molecule has 0 aliphatic heterocycles. The van der Waals surface area contributed by atoms with Gasteiger partial charge in [0.05, 0.1) is 38.3 Å². The maximum absolute atomic E-state index is 13.9. The highest BCUT2D eigenvalue weighted by Crippen LogP contribution is 2.42. The monoisotopic (exact) mass is 607 g/mol. The van der Waals surface area contributed by atoms with Crippen LogP contribution in [0.3, 0.4) is 0 Å². The van der Waals surface area contributed by atoms with E-state index in [2.05, 4.69) is 10.6 Å².